The molecule has 112 valence electrons. The minimum Gasteiger partial charge on any atom is -0.317 e. The summed E-state index contributed by atoms with van der Waals surface area (Å²) in [4.78, 5) is 2.73. The molecule has 1 atom stereocenters. The van der Waals surface area contributed by atoms with Gasteiger partial charge in [-0.05, 0) is 56.8 Å². The van der Waals surface area contributed by atoms with Gasteiger partial charge in [-0.25, -0.2) is 0 Å². The Morgan fingerprint density at radius 2 is 1.85 bits per heavy atom. The molecule has 20 heavy (non-hydrogen) atoms. The first kappa shape index (κ1) is 15.5. The summed E-state index contributed by atoms with van der Waals surface area (Å²) in [6, 6.07) is 11.6. The first-order valence-electron chi connectivity index (χ1n) is 8.34. The zero-order valence-electron chi connectivity index (χ0n) is 13.1. The third-order valence-electron chi connectivity index (χ3n) is 4.47. The van der Waals surface area contributed by atoms with Gasteiger partial charge < -0.3 is 5.32 Å². The van der Waals surface area contributed by atoms with Crippen LogP contribution in [0.3, 0.4) is 0 Å². The number of rotatable bonds is 7. The van der Waals surface area contributed by atoms with Crippen molar-refractivity contribution in [1.82, 2.24) is 10.2 Å². The summed E-state index contributed by atoms with van der Waals surface area (Å²) in [7, 11) is 0. The fourth-order valence-corrected chi connectivity index (χ4v) is 3.44. The van der Waals surface area contributed by atoms with Gasteiger partial charge in [0.05, 0.1) is 0 Å². The molecule has 2 heteroatoms. The van der Waals surface area contributed by atoms with Crippen LogP contribution in [0.5, 0.6) is 0 Å². The van der Waals surface area contributed by atoms with E-state index in [4.69, 9.17) is 0 Å². The minimum absolute atomic E-state index is 0.589. The van der Waals surface area contributed by atoms with E-state index in [0.717, 1.165) is 5.92 Å². The van der Waals surface area contributed by atoms with Gasteiger partial charge in [0.15, 0.2) is 0 Å². The number of piperidine rings is 1. The zero-order chi connectivity index (χ0) is 14.2. The average molecular weight is 274 g/mol. The molecule has 1 aliphatic heterocycles. The van der Waals surface area contributed by atoms with Gasteiger partial charge in [-0.1, -0.05) is 44.2 Å². The highest BCUT2D eigenvalue weighted by molar-refractivity contribution is 5.19. The Bertz CT molecular complexity index is 357. The van der Waals surface area contributed by atoms with E-state index in [2.05, 4.69) is 54.4 Å². The van der Waals surface area contributed by atoms with Gasteiger partial charge in [0.25, 0.3) is 0 Å². The molecule has 1 N–H and O–H groups in total. The maximum Gasteiger partial charge on any atom is 0.0345 e. The second-order valence-electron chi connectivity index (χ2n) is 6.02. The van der Waals surface area contributed by atoms with E-state index in [9.17, 15) is 0 Å². The maximum absolute atomic E-state index is 3.48. The lowest BCUT2D eigenvalue weighted by Gasteiger charge is -2.35. The summed E-state index contributed by atoms with van der Waals surface area (Å²) in [5, 5.41) is 3.48. The number of hydrogen-bond acceptors (Lipinski definition) is 2. The quantitative estimate of drug-likeness (QED) is 0.812. The molecule has 1 aromatic rings. The summed E-state index contributed by atoms with van der Waals surface area (Å²) in [6.07, 6.45) is 5.13. The van der Waals surface area contributed by atoms with Crippen LogP contribution in [0, 0.1) is 5.92 Å². The summed E-state index contributed by atoms with van der Waals surface area (Å²) in [5.74, 6) is 0.876. The Labute approximate surface area is 124 Å². The molecule has 0 aromatic heterocycles. The fraction of sp³-hybridized carbons (Fsp3) is 0.667. The van der Waals surface area contributed by atoms with Crippen LogP contribution in [-0.2, 0) is 0 Å². The van der Waals surface area contributed by atoms with E-state index in [1.165, 1.54) is 57.4 Å². The molecule has 0 radical (unpaired) electrons. The summed E-state index contributed by atoms with van der Waals surface area (Å²) < 4.78 is 0. The molecule has 0 spiro atoms. The van der Waals surface area contributed by atoms with Crippen molar-refractivity contribution in [2.24, 2.45) is 5.92 Å². The average Bonchev–Trinajstić information content (AvgIpc) is 2.50. The van der Waals surface area contributed by atoms with Crippen molar-refractivity contribution in [2.75, 3.05) is 26.2 Å². The van der Waals surface area contributed by atoms with Crippen LogP contribution in [-0.4, -0.2) is 31.1 Å². The fourth-order valence-electron chi connectivity index (χ4n) is 3.44. The number of nitrogens with zero attached hydrogens (tertiary/aromatic N) is 1. The third kappa shape index (κ3) is 4.32. The first-order valence-corrected chi connectivity index (χ1v) is 8.34. The van der Waals surface area contributed by atoms with Gasteiger partial charge in [-0.3, -0.25) is 4.90 Å². The van der Waals surface area contributed by atoms with Crippen molar-refractivity contribution in [2.45, 2.75) is 45.6 Å². The van der Waals surface area contributed by atoms with Crippen LogP contribution in [0.25, 0.3) is 0 Å². The van der Waals surface area contributed by atoms with Crippen LogP contribution in [0.1, 0.15) is 51.1 Å². The molecule has 1 heterocycles. The Morgan fingerprint density at radius 1 is 1.15 bits per heavy atom. The van der Waals surface area contributed by atoms with E-state index in [1.54, 1.807) is 0 Å². The van der Waals surface area contributed by atoms with Gasteiger partial charge in [0, 0.05) is 12.6 Å². The smallest absolute Gasteiger partial charge is 0.0345 e. The van der Waals surface area contributed by atoms with Crippen LogP contribution < -0.4 is 5.32 Å². The summed E-state index contributed by atoms with van der Waals surface area (Å²) in [5.41, 5.74) is 1.48. The molecule has 0 saturated carbocycles. The molecule has 0 aliphatic carbocycles. The van der Waals surface area contributed by atoms with Gasteiger partial charge in [0.2, 0.25) is 0 Å². The van der Waals surface area contributed by atoms with Crippen molar-refractivity contribution in [1.29, 1.82) is 0 Å². The van der Waals surface area contributed by atoms with Crippen molar-refractivity contribution in [3.8, 4) is 0 Å². The van der Waals surface area contributed by atoms with Crippen LogP contribution in [0.15, 0.2) is 30.3 Å². The van der Waals surface area contributed by atoms with Crippen LogP contribution in [0.4, 0.5) is 0 Å². The second-order valence-corrected chi connectivity index (χ2v) is 6.02. The Kier molecular flexibility index (Phi) is 6.55. The van der Waals surface area contributed by atoms with E-state index in [-0.39, 0.29) is 0 Å². The van der Waals surface area contributed by atoms with Crippen LogP contribution in [0.2, 0.25) is 0 Å². The van der Waals surface area contributed by atoms with Crippen molar-refractivity contribution in [3.05, 3.63) is 35.9 Å². The highest BCUT2D eigenvalue weighted by atomic mass is 15.2. The molecule has 0 amide bonds. The molecular formula is C18H30N2. The Morgan fingerprint density at radius 3 is 2.45 bits per heavy atom. The van der Waals surface area contributed by atoms with Crippen molar-refractivity contribution in [3.63, 3.8) is 0 Å². The van der Waals surface area contributed by atoms with E-state index < -0.39 is 0 Å². The second kappa shape index (κ2) is 8.43. The van der Waals surface area contributed by atoms with Gasteiger partial charge >= 0.3 is 0 Å². The van der Waals surface area contributed by atoms with Crippen LogP contribution >= 0.6 is 0 Å². The molecule has 1 unspecified atom stereocenters. The monoisotopic (exact) mass is 274 g/mol. The van der Waals surface area contributed by atoms with E-state index >= 15 is 0 Å². The molecule has 0 bridgehead atoms. The number of hydrogen-bond donors (Lipinski definition) is 1. The molecule has 2 nitrogen and oxygen atoms in total. The molecule has 1 aliphatic rings. The number of nitrogens with one attached hydrogen (secondary N) is 1. The Balaban J connectivity index is 2.04. The highest BCUT2D eigenvalue weighted by Crippen LogP contribution is 2.26. The normalized spacial score (nSPS) is 18.4. The largest absolute Gasteiger partial charge is 0.317 e. The SMILES string of the molecule is CCCN(CC1CCNCC1)C(CC)c1ccccc1. The first-order chi connectivity index (χ1) is 9.85. The van der Waals surface area contributed by atoms with Gasteiger partial charge in [0.1, 0.15) is 0 Å². The predicted octanol–water partition coefficient (Wildman–Crippen LogP) is 3.85. The van der Waals surface area contributed by atoms with Gasteiger partial charge in [-0.15, -0.1) is 0 Å². The molecular weight excluding hydrogens is 244 g/mol. The van der Waals surface area contributed by atoms with E-state index in [1.807, 2.05) is 0 Å². The zero-order valence-corrected chi connectivity index (χ0v) is 13.1. The molecule has 2 rings (SSSR count). The maximum atomic E-state index is 3.48. The summed E-state index contributed by atoms with van der Waals surface area (Å²) in [6.45, 7) is 9.51. The van der Waals surface area contributed by atoms with Crippen molar-refractivity contribution >= 4 is 0 Å². The minimum atomic E-state index is 0.589. The standard InChI is InChI=1S/C18H30N2/c1-3-14-20(15-16-10-12-19-13-11-16)18(4-2)17-8-6-5-7-9-17/h5-9,16,18-19H,3-4,10-15H2,1-2H3. The summed E-state index contributed by atoms with van der Waals surface area (Å²) >= 11 is 0. The van der Waals surface area contributed by atoms with Crippen molar-refractivity contribution < 1.29 is 0 Å². The third-order valence-corrected chi connectivity index (χ3v) is 4.47. The van der Waals surface area contributed by atoms with E-state index in [0.29, 0.717) is 6.04 Å². The lowest BCUT2D eigenvalue weighted by Crippen LogP contribution is -2.38. The highest BCUT2D eigenvalue weighted by Gasteiger charge is 2.22. The lowest BCUT2D eigenvalue weighted by molar-refractivity contribution is 0.148. The molecule has 1 aromatic carbocycles. The van der Waals surface area contributed by atoms with Gasteiger partial charge in [-0.2, -0.15) is 0 Å². The molecule has 1 saturated heterocycles. The topological polar surface area (TPSA) is 15.3 Å². The predicted molar refractivity (Wildman–Crippen MR) is 86.9 cm³/mol. The Hall–Kier alpha value is -0.860. The molecule has 1 fully saturated rings. The lowest BCUT2D eigenvalue weighted by atomic mass is 9.95. The number of benzene rings is 1.